The van der Waals surface area contributed by atoms with Crippen molar-refractivity contribution in [1.82, 2.24) is 4.31 Å². The Morgan fingerprint density at radius 3 is 2.31 bits per heavy atom. The molecule has 172 valence electrons. The maximum Gasteiger partial charge on any atom is 0.255 e. The van der Waals surface area contributed by atoms with Crippen LogP contribution < -0.4 is 10.2 Å². The second kappa shape index (κ2) is 9.51. The zero-order valence-electron chi connectivity index (χ0n) is 17.5. The highest BCUT2D eigenvalue weighted by Crippen LogP contribution is 2.26. The van der Waals surface area contributed by atoms with Crippen LogP contribution in [0.25, 0.3) is 0 Å². The molecule has 2 aromatic carbocycles. The van der Waals surface area contributed by atoms with Gasteiger partial charge >= 0.3 is 0 Å². The van der Waals surface area contributed by atoms with Crippen LogP contribution in [0.5, 0.6) is 0 Å². The van der Waals surface area contributed by atoms with E-state index in [1.54, 1.807) is 12.1 Å². The van der Waals surface area contributed by atoms with Crippen LogP contribution in [0.2, 0.25) is 0 Å². The molecule has 0 radical (unpaired) electrons. The molecule has 4 rings (SSSR count). The predicted octanol–water partition coefficient (Wildman–Crippen LogP) is 3.23. The largest absolute Gasteiger partial charge is 0.378 e. The third kappa shape index (κ3) is 4.77. The van der Waals surface area contributed by atoms with Crippen LogP contribution in [0, 0.1) is 11.6 Å². The average Bonchev–Trinajstić information content (AvgIpc) is 2.80. The van der Waals surface area contributed by atoms with Gasteiger partial charge in [-0.05, 0) is 49.2 Å². The number of ether oxygens (including phenoxy) is 1. The van der Waals surface area contributed by atoms with Gasteiger partial charge in [-0.1, -0.05) is 6.42 Å². The third-order valence-electron chi connectivity index (χ3n) is 5.68. The maximum atomic E-state index is 14.6. The van der Waals surface area contributed by atoms with Crippen LogP contribution in [0.4, 0.5) is 20.2 Å². The fourth-order valence-corrected chi connectivity index (χ4v) is 5.54. The van der Waals surface area contributed by atoms with Gasteiger partial charge in [-0.15, -0.1) is 0 Å². The number of hydrogen-bond acceptors (Lipinski definition) is 5. The molecule has 0 saturated carbocycles. The van der Waals surface area contributed by atoms with Gasteiger partial charge in [-0.2, -0.15) is 4.31 Å². The van der Waals surface area contributed by atoms with Crippen LogP contribution in [-0.2, 0) is 14.8 Å². The van der Waals surface area contributed by atoms with E-state index in [2.05, 4.69) is 5.32 Å². The molecule has 1 N–H and O–H groups in total. The van der Waals surface area contributed by atoms with Crippen molar-refractivity contribution in [2.24, 2.45) is 0 Å². The van der Waals surface area contributed by atoms with E-state index < -0.39 is 32.5 Å². The van der Waals surface area contributed by atoms with Gasteiger partial charge < -0.3 is 15.0 Å². The molecule has 1 amide bonds. The van der Waals surface area contributed by atoms with Gasteiger partial charge in [-0.25, -0.2) is 17.2 Å². The number of morpholine rings is 1. The van der Waals surface area contributed by atoms with Crippen LogP contribution in [0.1, 0.15) is 29.6 Å². The first kappa shape index (κ1) is 22.6. The quantitative estimate of drug-likeness (QED) is 0.734. The van der Waals surface area contributed by atoms with E-state index in [1.165, 1.54) is 16.4 Å². The molecule has 2 saturated heterocycles. The highest BCUT2D eigenvalue weighted by Gasteiger charge is 2.29. The summed E-state index contributed by atoms with van der Waals surface area (Å²) in [5, 5.41) is 2.55. The molecule has 0 spiro atoms. The molecular formula is C22H25F2N3O4S. The van der Waals surface area contributed by atoms with E-state index in [4.69, 9.17) is 4.74 Å². The lowest BCUT2D eigenvalue weighted by Crippen LogP contribution is -2.36. The number of amides is 1. The Labute approximate surface area is 186 Å². The molecule has 2 aliphatic heterocycles. The lowest BCUT2D eigenvalue weighted by molar-refractivity contribution is 0.102. The highest BCUT2D eigenvalue weighted by atomic mass is 32.2. The number of hydrogen-bond donors (Lipinski definition) is 1. The third-order valence-corrected chi connectivity index (χ3v) is 7.60. The molecule has 0 atom stereocenters. The zero-order valence-corrected chi connectivity index (χ0v) is 18.3. The summed E-state index contributed by atoms with van der Waals surface area (Å²) in [7, 11) is -4.04. The number of rotatable bonds is 5. The van der Waals surface area contributed by atoms with Crippen LogP contribution in [0.3, 0.4) is 0 Å². The molecule has 2 fully saturated rings. The molecule has 10 heteroatoms. The van der Waals surface area contributed by atoms with Gasteiger partial charge in [0.1, 0.15) is 16.5 Å². The number of carbonyl (C=O) groups is 1. The number of piperidine rings is 1. The number of halogens is 2. The molecule has 2 heterocycles. The molecule has 0 bridgehead atoms. The molecule has 32 heavy (non-hydrogen) atoms. The molecular weight excluding hydrogens is 440 g/mol. The van der Waals surface area contributed by atoms with Crippen molar-refractivity contribution in [3.05, 3.63) is 53.6 Å². The van der Waals surface area contributed by atoms with Gasteiger partial charge in [-0.3, -0.25) is 4.79 Å². The number of nitrogens with one attached hydrogen (secondary N) is 1. The average molecular weight is 466 g/mol. The fraction of sp³-hybridized carbons (Fsp3) is 0.409. The van der Waals surface area contributed by atoms with E-state index in [0.717, 1.165) is 18.6 Å². The monoisotopic (exact) mass is 465 g/mol. The van der Waals surface area contributed by atoms with Crippen molar-refractivity contribution in [2.45, 2.75) is 24.2 Å². The first-order valence-electron chi connectivity index (χ1n) is 10.6. The summed E-state index contributed by atoms with van der Waals surface area (Å²) in [6.45, 7) is 2.84. The topological polar surface area (TPSA) is 79.0 Å². The summed E-state index contributed by atoms with van der Waals surface area (Å²) in [6.07, 6.45) is 2.36. The minimum Gasteiger partial charge on any atom is -0.378 e. The summed E-state index contributed by atoms with van der Waals surface area (Å²) in [6, 6.07) is 7.56. The van der Waals surface area contributed by atoms with Gasteiger partial charge in [0.15, 0.2) is 0 Å². The van der Waals surface area contributed by atoms with Crippen molar-refractivity contribution in [2.75, 3.05) is 49.6 Å². The van der Waals surface area contributed by atoms with E-state index in [-0.39, 0.29) is 11.3 Å². The summed E-state index contributed by atoms with van der Waals surface area (Å²) >= 11 is 0. The second-order valence-electron chi connectivity index (χ2n) is 7.83. The summed E-state index contributed by atoms with van der Waals surface area (Å²) in [4.78, 5) is 14.0. The second-order valence-corrected chi connectivity index (χ2v) is 9.74. The molecule has 2 aromatic rings. The van der Waals surface area contributed by atoms with Gasteiger partial charge in [0.05, 0.1) is 18.9 Å². The lowest BCUT2D eigenvalue weighted by Gasteiger charge is -2.29. The maximum absolute atomic E-state index is 14.6. The Kier molecular flexibility index (Phi) is 6.73. The van der Waals surface area contributed by atoms with Gasteiger partial charge in [0.2, 0.25) is 10.0 Å². The van der Waals surface area contributed by atoms with Crippen molar-refractivity contribution in [3.8, 4) is 0 Å². The van der Waals surface area contributed by atoms with Gasteiger partial charge in [0, 0.05) is 37.4 Å². The lowest BCUT2D eigenvalue weighted by atomic mass is 10.2. The number of sulfonamides is 1. The molecule has 2 aliphatic rings. The Hall–Kier alpha value is -2.56. The van der Waals surface area contributed by atoms with Crippen molar-refractivity contribution in [3.63, 3.8) is 0 Å². The number of benzene rings is 2. The van der Waals surface area contributed by atoms with Gasteiger partial charge in [0.25, 0.3) is 5.91 Å². The first-order chi connectivity index (χ1) is 15.4. The van der Waals surface area contributed by atoms with Crippen molar-refractivity contribution in [1.29, 1.82) is 0 Å². The molecule has 0 unspecified atom stereocenters. The van der Waals surface area contributed by atoms with E-state index >= 15 is 0 Å². The zero-order chi connectivity index (χ0) is 22.7. The Balaban J connectivity index is 1.52. The minimum absolute atomic E-state index is 0.0281. The highest BCUT2D eigenvalue weighted by molar-refractivity contribution is 7.89. The SMILES string of the molecule is O=C(Nc1ccc(N2CCOCC2)c(F)c1)c1ccc(F)c(S(=O)(=O)N2CCCCC2)c1. The van der Waals surface area contributed by atoms with Crippen molar-refractivity contribution >= 4 is 27.3 Å². The minimum atomic E-state index is -4.04. The number of nitrogens with zero attached hydrogens (tertiary/aromatic N) is 2. The Morgan fingerprint density at radius 1 is 0.906 bits per heavy atom. The fourth-order valence-electron chi connectivity index (χ4n) is 3.94. The standard InChI is InChI=1S/C22H25F2N3O4S/c23-18-6-4-16(14-21(18)32(29,30)27-8-2-1-3-9-27)22(28)25-17-5-7-20(19(24)15-17)26-10-12-31-13-11-26/h4-7,14-15H,1-3,8-13H2,(H,25,28). The Morgan fingerprint density at radius 2 is 1.62 bits per heavy atom. The van der Waals surface area contributed by atoms with Crippen molar-refractivity contribution < 1.29 is 26.7 Å². The molecule has 0 aromatic heterocycles. The predicted molar refractivity (Wildman–Crippen MR) is 116 cm³/mol. The molecule has 0 aliphatic carbocycles. The smallest absolute Gasteiger partial charge is 0.255 e. The van der Waals surface area contributed by atoms with Crippen LogP contribution >= 0.6 is 0 Å². The van der Waals surface area contributed by atoms with Crippen LogP contribution in [0.15, 0.2) is 41.3 Å². The Bertz CT molecular complexity index is 1100. The van der Waals surface area contributed by atoms with E-state index in [0.29, 0.717) is 57.9 Å². The summed E-state index contributed by atoms with van der Waals surface area (Å²) in [5.74, 6) is -2.05. The summed E-state index contributed by atoms with van der Waals surface area (Å²) < 4.78 is 61.2. The van der Waals surface area contributed by atoms with E-state index in [9.17, 15) is 22.0 Å². The normalized spacial score (nSPS) is 17.9. The number of anilines is 2. The molecule has 7 nitrogen and oxygen atoms in total. The number of carbonyl (C=O) groups excluding carboxylic acids is 1. The van der Waals surface area contributed by atoms with Crippen LogP contribution in [-0.4, -0.2) is 58.0 Å². The van der Waals surface area contributed by atoms with E-state index in [1.807, 2.05) is 4.90 Å². The first-order valence-corrected chi connectivity index (χ1v) is 12.0. The summed E-state index contributed by atoms with van der Waals surface area (Å²) in [5.41, 5.74) is 0.608.